The molecule has 0 saturated heterocycles. The number of hydrogen-bond donors (Lipinski definition) is 0. The Labute approximate surface area is 483 Å². The van der Waals surface area contributed by atoms with Gasteiger partial charge in [-0.3, -0.25) is 0 Å². The summed E-state index contributed by atoms with van der Waals surface area (Å²) in [6, 6.07) is 102. The van der Waals surface area contributed by atoms with E-state index in [-0.39, 0.29) is 13.4 Å². The molecule has 21 rings (SSSR count). The highest BCUT2D eigenvalue weighted by Gasteiger charge is 2.47. The molecule has 8 heterocycles. The number of hydrogen-bond acceptors (Lipinski definition) is 0. The summed E-state index contributed by atoms with van der Waals surface area (Å²) in [6.45, 7) is -0.178. The molecule has 4 aliphatic rings. The van der Waals surface area contributed by atoms with E-state index in [0.29, 0.717) is 0 Å². The fourth-order valence-electron chi connectivity index (χ4n) is 16.7. The summed E-state index contributed by atoms with van der Waals surface area (Å²) in [5.74, 6) is 0. The van der Waals surface area contributed by atoms with E-state index >= 15 is 0 Å². The van der Waals surface area contributed by atoms with Crippen molar-refractivity contribution in [3.63, 3.8) is 0 Å². The zero-order valence-electron chi connectivity index (χ0n) is 45.3. The summed E-state index contributed by atoms with van der Waals surface area (Å²) < 4.78 is 10.7. The van der Waals surface area contributed by atoms with E-state index in [1.807, 2.05) is 0 Å². The molecule has 6 heteroatoms. The molecule has 84 heavy (non-hydrogen) atoms. The van der Waals surface area contributed by atoms with Crippen LogP contribution in [0.5, 0.6) is 0 Å². The van der Waals surface area contributed by atoms with Crippen LogP contribution in [-0.2, 0) is 0 Å². The van der Waals surface area contributed by atoms with Crippen molar-refractivity contribution >= 4 is 133 Å². The number of fused-ring (bicyclic) bond motifs is 22. The first-order valence-corrected chi connectivity index (χ1v) is 29.5. The van der Waals surface area contributed by atoms with Crippen molar-refractivity contribution in [1.82, 2.24) is 18.3 Å². The van der Waals surface area contributed by atoms with Gasteiger partial charge < -0.3 is 18.3 Å². The predicted octanol–water partition coefficient (Wildman–Crippen LogP) is 15.0. The lowest BCUT2D eigenvalue weighted by atomic mass is 9.31. The van der Waals surface area contributed by atoms with Crippen LogP contribution in [0.15, 0.2) is 267 Å². The van der Waals surface area contributed by atoms with Crippen LogP contribution in [0.25, 0.3) is 154 Å². The molecule has 0 spiro atoms. The van der Waals surface area contributed by atoms with E-state index in [2.05, 4.69) is 285 Å². The van der Waals surface area contributed by atoms with Gasteiger partial charge in [-0.2, -0.15) is 0 Å². The Hall–Kier alpha value is -10.8. The van der Waals surface area contributed by atoms with Crippen LogP contribution in [0, 0.1) is 0 Å². The molecular formula is C78H44B2N4. The first kappa shape index (κ1) is 43.9. The molecule has 0 bridgehead atoms. The molecule has 0 aliphatic carbocycles. The van der Waals surface area contributed by atoms with E-state index in [0.717, 1.165) is 0 Å². The van der Waals surface area contributed by atoms with Gasteiger partial charge in [0.05, 0.1) is 44.5 Å². The molecule has 17 aromatic rings. The molecule has 4 aliphatic heterocycles. The van der Waals surface area contributed by atoms with Crippen molar-refractivity contribution in [1.29, 1.82) is 0 Å². The van der Waals surface area contributed by atoms with Gasteiger partial charge in [-0.15, -0.1) is 0 Å². The van der Waals surface area contributed by atoms with E-state index in [1.165, 1.54) is 187 Å². The molecule has 382 valence electrons. The van der Waals surface area contributed by atoms with Crippen LogP contribution in [0.3, 0.4) is 0 Å². The van der Waals surface area contributed by atoms with Crippen molar-refractivity contribution in [3.05, 3.63) is 267 Å². The number of benzene rings is 13. The van der Waals surface area contributed by atoms with Crippen LogP contribution in [0.4, 0.5) is 0 Å². The maximum absolute atomic E-state index is 2.70. The number of rotatable bonds is 4. The van der Waals surface area contributed by atoms with Gasteiger partial charge in [0, 0.05) is 76.6 Å². The number of aromatic nitrogens is 4. The first-order chi connectivity index (χ1) is 41.7. The molecule has 13 aromatic carbocycles. The average molecular weight is 1060 g/mol. The van der Waals surface area contributed by atoms with Crippen LogP contribution in [-0.4, -0.2) is 31.7 Å². The van der Waals surface area contributed by atoms with Crippen LogP contribution >= 0.6 is 0 Å². The highest BCUT2D eigenvalue weighted by atomic mass is 15.1. The molecule has 4 aromatic heterocycles. The van der Waals surface area contributed by atoms with Gasteiger partial charge in [0.25, 0.3) is 13.4 Å². The molecule has 0 atom stereocenters. The third kappa shape index (κ3) is 5.30. The third-order valence-corrected chi connectivity index (χ3v) is 19.9. The second kappa shape index (κ2) is 15.6. The van der Waals surface area contributed by atoms with Gasteiger partial charge in [-0.1, -0.05) is 206 Å². The lowest BCUT2D eigenvalue weighted by Crippen LogP contribution is -2.62. The van der Waals surface area contributed by atoms with Crippen LogP contribution < -0.4 is 32.8 Å². The summed E-state index contributed by atoms with van der Waals surface area (Å²) in [5.41, 5.74) is 33.0. The maximum atomic E-state index is 2.70. The minimum atomic E-state index is -0.0888. The van der Waals surface area contributed by atoms with E-state index in [1.54, 1.807) is 0 Å². The Morgan fingerprint density at radius 2 is 0.583 bits per heavy atom. The highest BCUT2D eigenvalue weighted by molar-refractivity contribution is 7.02. The second-order valence-corrected chi connectivity index (χ2v) is 23.8. The first-order valence-electron chi connectivity index (χ1n) is 29.5. The lowest BCUT2D eigenvalue weighted by molar-refractivity contribution is 1.14. The smallest absolute Gasteiger partial charge is 0.252 e. The quantitative estimate of drug-likeness (QED) is 0.157. The Morgan fingerprint density at radius 1 is 0.214 bits per heavy atom. The standard InChI is InChI=1S/C78H44B2N4/c1-5-19-45(20-6-1)49-35-37-67-57(39-49)59-41-55(47-23-9-3-10-24-47)75-71-77(59)81(67)69-43-64-70(44-63(69)79(71)61-31-17-29-53-51-27-13-15-33-65(51)83(75)73(53)61)82-68-38-36-50(46-21-7-2-8-22-46)40-58(68)60-42-56(48-25-11-4-12-26-48)76-72(78(60)82)80(64)62-32-18-30-54-52-28-14-16-34-66(52)84(76)74(54)62/h1-44H. The minimum absolute atomic E-state index is 0.0888. The van der Waals surface area contributed by atoms with Gasteiger partial charge in [-0.05, 0) is 127 Å². The number of nitrogens with zero attached hydrogens (tertiary/aromatic N) is 4. The Kier molecular flexibility index (Phi) is 8.15. The topological polar surface area (TPSA) is 19.7 Å². The molecule has 0 amide bonds. The summed E-state index contributed by atoms with van der Waals surface area (Å²) in [6.07, 6.45) is 0. The second-order valence-electron chi connectivity index (χ2n) is 23.8. The van der Waals surface area contributed by atoms with Crippen LogP contribution in [0.2, 0.25) is 0 Å². The van der Waals surface area contributed by atoms with Gasteiger partial charge in [-0.25, -0.2) is 0 Å². The SMILES string of the molecule is c1ccc(-c2ccc3c(c2)c2cc(-c4ccccc4)c4c5c2n3-c2cc3c(cc2B5c2cccc5c6ccccc6n-4c25)-n2c4ccc(-c5ccccc5)cc4c4cc(-c5ccccc5)c5c(c42)B3c2cccc3c4ccccc4n-5c23)cc1. The molecular weight excluding hydrogens is 1010 g/mol. The lowest BCUT2D eigenvalue weighted by Gasteiger charge is -2.38. The molecule has 0 radical (unpaired) electrons. The zero-order valence-corrected chi connectivity index (χ0v) is 45.3. The summed E-state index contributed by atoms with van der Waals surface area (Å²) in [7, 11) is 0. The Morgan fingerprint density at radius 3 is 1.01 bits per heavy atom. The highest BCUT2D eigenvalue weighted by Crippen LogP contribution is 2.48. The largest absolute Gasteiger partial charge is 0.310 e. The molecule has 0 saturated carbocycles. The van der Waals surface area contributed by atoms with Crippen molar-refractivity contribution in [3.8, 4) is 67.3 Å². The average Bonchev–Trinajstić information content (AvgIpc) is 1.80. The molecule has 0 N–H and O–H groups in total. The van der Waals surface area contributed by atoms with Crippen molar-refractivity contribution in [2.75, 3.05) is 0 Å². The minimum Gasteiger partial charge on any atom is -0.310 e. The van der Waals surface area contributed by atoms with Crippen LogP contribution in [0.1, 0.15) is 0 Å². The predicted molar refractivity (Wildman–Crippen MR) is 355 cm³/mol. The normalized spacial score (nSPS) is 13.2. The van der Waals surface area contributed by atoms with Gasteiger partial charge in [0.15, 0.2) is 0 Å². The zero-order chi connectivity index (χ0) is 54.2. The monoisotopic (exact) mass is 1060 g/mol. The van der Waals surface area contributed by atoms with Crippen molar-refractivity contribution < 1.29 is 0 Å². The van der Waals surface area contributed by atoms with E-state index < -0.39 is 0 Å². The fraction of sp³-hybridized carbons (Fsp3) is 0. The van der Waals surface area contributed by atoms with Crippen molar-refractivity contribution in [2.45, 2.75) is 0 Å². The Balaban J connectivity index is 0.971. The van der Waals surface area contributed by atoms with Crippen molar-refractivity contribution in [2.24, 2.45) is 0 Å². The van der Waals surface area contributed by atoms with Gasteiger partial charge in [0.1, 0.15) is 0 Å². The molecule has 0 unspecified atom stereocenters. The summed E-state index contributed by atoms with van der Waals surface area (Å²) >= 11 is 0. The summed E-state index contributed by atoms with van der Waals surface area (Å²) in [4.78, 5) is 0. The maximum Gasteiger partial charge on any atom is 0.252 e. The van der Waals surface area contributed by atoms with Gasteiger partial charge >= 0.3 is 0 Å². The third-order valence-electron chi connectivity index (χ3n) is 19.9. The van der Waals surface area contributed by atoms with E-state index in [4.69, 9.17) is 0 Å². The van der Waals surface area contributed by atoms with Gasteiger partial charge in [0.2, 0.25) is 0 Å². The summed E-state index contributed by atoms with van der Waals surface area (Å²) in [5, 5.41) is 10.2. The Bertz CT molecular complexity index is 5490. The molecule has 4 nitrogen and oxygen atoms in total. The van der Waals surface area contributed by atoms with E-state index in [9.17, 15) is 0 Å². The fourth-order valence-corrected chi connectivity index (χ4v) is 16.7. The number of para-hydroxylation sites is 4. The molecule has 0 fully saturated rings.